The number of unbranched alkanes of at least 4 members (excludes halogenated alkanes) is 7. The van der Waals surface area contributed by atoms with Gasteiger partial charge in [0.05, 0.1) is 6.10 Å². The molecule has 4 heteroatoms. The number of hydrogen-bond donors (Lipinski definition) is 2. The zero-order valence-corrected chi connectivity index (χ0v) is 15.3. The SMILES string of the molecule is CCCCCCCC(O)C1CCC(=O)C1CCCCCCC(=O)O. The summed E-state index contributed by atoms with van der Waals surface area (Å²) >= 11 is 0. The summed E-state index contributed by atoms with van der Waals surface area (Å²) in [7, 11) is 0. The lowest BCUT2D eigenvalue weighted by Gasteiger charge is -2.24. The first kappa shape index (κ1) is 21.1. The van der Waals surface area contributed by atoms with Gasteiger partial charge >= 0.3 is 5.97 Å². The Morgan fingerprint density at radius 3 is 2.46 bits per heavy atom. The molecule has 0 spiro atoms. The van der Waals surface area contributed by atoms with Crippen LogP contribution in [0, 0.1) is 11.8 Å². The maximum absolute atomic E-state index is 12.1. The third-order valence-corrected chi connectivity index (χ3v) is 5.41. The van der Waals surface area contributed by atoms with E-state index in [1.54, 1.807) is 0 Å². The normalized spacial score (nSPS) is 22.0. The van der Waals surface area contributed by atoms with E-state index in [4.69, 9.17) is 5.11 Å². The first-order chi connectivity index (χ1) is 11.6. The van der Waals surface area contributed by atoms with Crippen molar-refractivity contribution in [1.82, 2.24) is 0 Å². The average Bonchev–Trinajstić information content (AvgIpc) is 2.91. The number of Topliss-reactive ketones (excluding diaryl/α,β-unsaturated/α-hetero) is 1. The molecule has 4 nitrogen and oxygen atoms in total. The number of aliphatic carboxylic acids is 1. The van der Waals surface area contributed by atoms with Gasteiger partial charge in [-0.05, 0) is 31.6 Å². The molecule has 1 aliphatic rings. The largest absolute Gasteiger partial charge is 0.481 e. The number of ketones is 1. The van der Waals surface area contributed by atoms with E-state index >= 15 is 0 Å². The molecule has 0 aromatic rings. The predicted octanol–water partition coefficient (Wildman–Crippen LogP) is 4.73. The summed E-state index contributed by atoms with van der Waals surface area (Å²) in [5, 5.41) is 19.1. The molecular formula is C20H36O4. The Balaban J connectivity index is 2.23. The van der Waals surface area contributed by atoms with Crippen molar-refractivity contribution >= 4 is 11.8 Å². The minimum atomic E-state index is -0.733. The van der Waals surface area contributed by atoms with Gasteiger partial charge in [-0.1, -0.05) is 58.3 Å². The number of aliphatic hydroxyl groups is 1. The molecule has 1 rings (SSSR count). The summed E-state index contributed by atoms with van der Waals surface area (Å²) in [5.74, 6) is -0.212. The Morgan fingerprint density at radius 2 is 1.75 bits per heavy atom. The third kappa shape index (κ3) is 8.27. The number of carboxylic acid groups (broad SMARTS) is 1. The lowest BCUT2D eigenvalue weighted by atomic mass is 9.84. The summed E-state index contributed by atoms with van der Waals surface area (Å²) in [5.41, 5.74) is 0. The molecule has 3 atom stereocenters. The standard InChI is InChI=1S/C20H36O4/c1-2-3-4-5-9-12-18(21)17-14-15-19(22)16(17)11-8-6-7-10-13-20(23)24/h16-18,21H,2-15H2,1H3,(H,23,24). The van der Waals surface area contributed by atoms with Crippen LogP contribution < -0.4 is 0 Å². The molecule has 2 N–H and O–H groups in total. The van der Waals surface area contributed by atoms with Crippen LogP contribution >= 0.6 is 0 Å². The molecule has 0 aromatic carbocycles. The van der Waals surface area contributed by atoms with Crippen LogP contribution in [0.25, 0.3) is 0 Å². The van der Waals surface area contributed by atoms with Crippen LogP contribution in [0.1, 0.15) is 96.8 Å². The fraction of sp³-hybridized carbons (Fsp3) is 0.900. The minimum absolute atomic E-state index is 0.0371. The topological polar surface area (TPSA) is 74.6 Å². The molecule has 1 fully saturated rings. The summed E-state index contributed by atoms with van der Waals surface area (Å²) in [4.78, 5) is 22.6. The van der Waals surface area contributed by atoms with Gasteiger partial charge in [0.25, 0.3) is 0 Å². The van der Waals surface area contributed by atoms with Gasteiger partial charge in [0.1, 0.15) is 5.78 Å². The fourth-order valence-electron chi connectivity index (χ4n) is 3.94. The molecule has 1 saturated carbocycles. The second-order valence-corrected chi connectivity index (χ2v) is 7.39. The van der Waals surface area contributed by atoms with Crippen molar-refractivity contribution in [1.29, 1.82) is 0 Å². The molecule has 0 aromatic heterocycles. The molecule has 0 aliphatic heterocycles. The van der Waals surface area contributed by atoms with Gasteiger partial charge in [-0.25, -0.2) is 0 Å². The Bertz CT molecular complexity index is 367. The van der Waals surface area contributed by atoms with E-state index in [9.17, 15) is 14.7 Å². The van der Waals surface area contributed by atoms with Crippen molar-refractivity contribution in [2.45, 2.75) is 103 Å². The van der Waals surface area contributed by atoms with E-state index < -0.39 is 5.97 Å². The van der Waals surface area contributed by atoms with Crippen LogP contribution in [0.4, 0.5) is 0 Å². The van der Waals surface area contributed by atoms with E-state index in [0.29, 0.717) is 12.2 Å². The first-order valence-electron chi connectivity index (χ1n) is 9.98. The molecular weight excluding hydrogens is 304 g/mol. The summed E-state index contributed by atoms with van der Waals surface area (Å²) in [6.45, 7) is 2.20. The minimum Gasteiger partial charge on any atom is -0.481 e. The molecule has 0 amide bonds. The number of aliphatic hydroxyl groups excluding tert-OH is 1. The molecule has 3 unspecified atom stereocenters. The quantitative estimate of drug-likeness (QED) is 0.448. The van der Waals surface area contributed by atoms with E-state index in [0.717, 1.165) is 51.4 Å². The van der Waals surface area contributed by atoms with Gasteiger partial charge in [-0.2, -0.15) is 0 Å². The van der Waals surface area contributed by atoms with Gasteiger partial charge in [-0.15, -0.1) is 0 Å². The maximum atomic E-state index is 12.1. The summed E-state index contributed by atoms with van der Waals surface area (Å²) < 4.78 is 0. The van der Waals surface area contributed by atoms with Gasteiger partial charge < -0.3 is 10.2 Å². The van der Waals surface area contributed by atoms with Crippen molar-refractivity contribution in [3.05, 3.63) is 0 Å². The van der Waals surface area contributed by atoms with Crippen molar-refractivity contribution in [3.63, 3.8) is 0 Å². The maximum Gasteiger partial charge on any atom is 0.303 e. The highest BCUT2D eigenvalue weighted by atomic mass is 16.4. The number of hydrogen-bond acceptors (Lipinski definition) is 3. The average molecular weight is 341 g/mol. The number of rotatable bonds is 14. The molecule has 140 valence electrons. The van der Waals surface area contributed by atoms with E-state index in [1.807, 2.05) is 0 Å². The Kier molecular flexibility index (Phi) is 11.0. The van der Waals surface area contributed by atoms with Gasteiger partial charge in [-0.3, -0.25) is 9.59 Å². The Hall–Kier alpha value is -0.900. The summed E-state index contributed by atoms with van der Waals surface area (Å²) in [6.07, 6.45) is 12.6. The van der Waals surface area contributed by atoms with Crippen LogP contribution in [0.3, 0.4) is 0 Å². The van der Waals surface area contributed by atoms with Crippen LogP contribution in [0.5, 0.6) is 0 Å². The van der Waals surface area contributed by atoms with Gasteiger partial charge in [0.2, 0.25) is 0 Å². The monoisotopic (exact) mass is 340 g/mol. The highest BCUT2D eigenvalue weighted by Gasteiger charge is 2.37. The van der Waals surface area contributed by atoms with Crippen LogP contribution in [-0.2, 0) is 9.59 Å². The van der Waals surface area contributed by atoms with E-state index in [1.165, 1.54) is 25.7 Å². The summed E-state index contributed by atoms with van der Waals surface area (Å²) in [6, 6.07) is 0. The lowest BCUT2D eigenvalue weighted by molar-refractivity contribution is -0.137. The first-order valence-corrected chi connectivity index (χ1v) is 9.98. The molecule has 0 radical (unpaired) electrons. The zero-order valence-electron chi connectivity index (χ0n) is 15.3. The smallest absolute Gasteiger partial charge is 0.303 e. The molecule has 0 bridgehead atoms. The Labute approximate surface area is 147 Å². The second kappa shape index (κ2) is 12.5. The van der Waals surface area contributed by atoms with Crippen LogP contribution in [-0.4, -0.2) is 28.1 Å². The molecule has 1 aliphatic carbocycles. The van der Waals surface area contributed by atoms with Crippen LogP contribution in [0.2, 0.25) is 0 Å². The highest BCUT2D eigenvalue weighted by Crippen LogP contribution is 2.36. The highest BCUT2D eigenvalue weighted by molar-refractivity contribution is 5.83. The van der Waals surface area contributed by atoms with E-state index in [-0.39, 0.29) is 24.4 Å². The van der Waals surface area contributed by atoms with Gasteiger partial charge in [0, 0.05) is 18.8 Å². The molecule has 0 heterocycles. The Morgan fingerprint density at radius 1 is 1.08 bits per heavy atom. The van der Waals surface area contributed by atoms with Crippen LogP contribution in [0.15, 0.2) is 0 Å². The number of carboxylic acids is 1. The molecule has 24 heavy (non-hydrogen) atoms. The van der Waals surface area contributed by atoms with Crippen molar-refractivity contribution < 1.29 is 19.8 Å². The number of carbonyl (C=O) groups is 2. The number of carbonyl (C=O) groups excluding carboxylic acids is 1. The zero-order chi connectivity index (χ0) is 17.8. The van der Waals surface area contributed by atoms with Gasteiger partial charge in [0.15, 0.2) is 0 Å². The fourth-order valence-corrected chi connectivity index (χ4v) is 3.94. The molecule has 0 saturated heterocycles. The van der Waals surface area contributed by atoms with Crippen molar-refractivity contribution in [2.75, 3.05) is 0 Å². The van der Waals surface area contributed by atoms with Crippen molar-refractivity contribution in [2.24, 2.45) is 11.8 Å². The van der Waals surface area contributed by atoms with E-state index in [2.05, 4.69) is 6.92 Å². The predicted molar refractivity (Wildman–Crippen MR) is 95.9 cm³/mol. The lowest BCUT2D eigenvalue weighted by Crippen LogP contribution is -2.26. The second-order valence-electron chi connectivity index (χ2n) is 7.39. The third-order valence-electron chi connectivity index (χ3n) is 5.41. The van der Waals surface area contributed by atoms with Crippen molar-refractivity contribution in [3.8, 4) is 0 Å².